The summed E-state index contributed by atoms with van der Waals surface area (Å²) >= 11 is 0. The lowest BCUT2D eigenvalue weighted by Gasteiger charge is -2.41. The van der Waals surface area contributed by atoms with Crippen molar-refractivity contribution in [3.8, 4) is 0 Å². The Labute approximate surface area is 368 Å². The summed E-state index contributed by atoms with van der Waals surface area (Å²) in [6.07, 6.45) is 29.7. The first-order valence-electron chi connectivity index (χ1n) is 23.8. The van der Waals surface area contributed by atoms with Crippen LogP contribution in [0.2, 0.25) is 0 Å². The summed E-state index contributed by atoms with van der Waals surface area (Å²) in [5.74, 6) is -1.35. The Bertz CT molecular complexity index is 1210. The molecule has 0 radical (unpaired) electrons. The number of aliphatic hydroxyl groups is 5. The average Bonchev–Trinajstić information content (AvgIpc) is 3.24. The molecule has 0 aliphatic heterocycles. The summed E-state index contributed by atoms with van der Waals surface area (Å²) in [4.78, 5) is 35.6. The number of ether oxygens (including phenoxy) is 2. The highest BCUT2D eigenvalue weighted by molar-refractivity contribution is 7.47. The first kappa shape index (κ1) is 57.1. The molecule has 0 heterocycles. The highest BCUT2D eigenvalue weighted by Gasteiger charge is 2.51. The zero-order chi connectivity index (χ0) is 45.0. The second-order valence-corrected chi connectivity index (χ2v) is 18.1. The topological polar surface area (TPSA) is 210 Å². The molecule has 1 aliphatic rings. The highest BCUT2D eigenvalue weighted by Crippen LogP contribution is 2.47. The molecule has 0 aromatic rings. The van der Waals surface area contributed by atoms with E-state index in [0.717, 1.165) is 51.4 Å². The van der Waals surface area contributed by atoms with Crippen molar-refractivity contribution in [3.05, 3.63) is 36.5 Å². The third-order valence-corrected chi connectivity index (χ3v) is 12.0. The van der Waals surface area contributed by atoms with E-state index in [0.29, 0.717) is 6.42 Å². The van der Waals surface area contributed by atoms with Crippen LogP contribution in [0.1, 0.15) is 194 Å². The number of aliphatic hydroxyl groups excluding tert-OH is 5. The van der Waals surface area contributed by atoms with Gasteiger partial charge in [-0.1, -0.05) is 173 Å². The number of hydrogen-bond donors (Lipinski definition) is 6. The molecular formula is C47H85O13P. The predicted molar refractivity (Wildman–Crippen MR) is 240 cm³/mol. The van der Waals surface area contributed by atoms with Gasteiger partial charge in [0, 0.05) is 12.5 Å². The Morgan fingerprint density at radius 3 is 1.44 bits per heavy atom. The number of phosphoric acid groups is 1. The van der Waals surface area contributed by atoms with Gasteiger partial charge in [-0.2, -0.15) is 0 Å². The second kappa shape index (κ2) is 37.4. The fourth-order valence-electron chi connectivity index (χ4n) is 7.20. The van der Waals surface area contributed by atoms with Crippen LogP contribution in [-0.4, -0.2) is 98.3 Å². The zero-order valence-corrected chi connectivity index (χ0v) is 38.6. The monoisotopic (exact) mass is 889 g/mol. The summed E-state index contributed by atoms with van der Waals surface area (Å²) in [5, 5.41) is 50.1. The number of carbonyl (C=O) groups excluding carboxylic acids is 2. The lowest BCUT2D eigenvalue weighted by Crippen LogP contribution is -2.64. The fraction of sp³-hybridized carbons (Fsp3) is 0.830. The standard InChI is InChI=1S/C47H85O13P/c1-3-5-7-9-11-13-15-17-19-20-22-24-26-28-30-32-34-36-41(49)59-39(38-58-61(55,56)60-47-45(53)43(51)42(50)44(52)46(47)54)37-57-40(48)35-33-31-29-27-25-23-21-18-16-14-12-10-8-6-4-2/h13,15,29,31,33,35,39,42-47,50-54H,3-12,14,16-28,30,32,34,36-38H2,1-2H3,(H,55,56)/b15-13+,31-29+,35-33+/t39-,42?,43+,44?,45?,46?,47?/m1/s1. The first-order chi connectivity index (χ1) is 29.4. The molecule has 13 nitrogen and oxygen atoms in total. The minimum Gasteiger partial charge on any atom is -0.458 e. The molecule has 6 unspecified atom stereocenters. The average molecular weight is 889 g/mol. The lowest BCUT2D eigenvalue weighted by atomic mass is 9.85. The van der Waals surface area contributed by atoms with Gasteiger partial charge in [-0.3, -0.25) is 13.8 Å². The van der Waals surface area contributed by atoms with E-state index in [1.165, 1.54) is 122 Å². The Hall–Kier alpha value is -1.93. The largest absolute Gasteiger partial charge is 0.472 e. The Morgan fingerprint density at radius 2 is 0.951 bits per heavy atom. The molecule has 61 heavy (non-hydrogen) atoms. The summed E-state index contributed by atoms with van der Waals surface area (Å²) in [6.45, 7) is 3.19. The van der Waals surface area contributed by atoms with E-state index in [2.05, 4.69) is 26.0 Å². The summed E-state index contributed by atoms with van der Waals surface area (Å²) in [6, 6.07) is 0. The molecule has 8 atom stereocenters. The van der Waals surface area contributed by atoms with Crippen molar-refractivity contribution in [1.82, 2.24) is 0 Å². The van der Waals surface area contributed by atoms with E-state index in [9.17, 15) is 44.6 Å². The molecule has 14 heteroatoms. The van der Waals surface area contributed by atoms with Crippen molar-refractivity contribution in [1.29, 1.82) is 0 Å². The summed E-state index contributed by atoms with van der Waals surface area (Å²) < 4.78 is 33.4. The maximum atomic E-state index is 12.8. The summed E-state index contributed by atoms with van der Waals surface area (Å²) in [7, 11) is -5.14. The van der Waals surface area contributed by atoms with Gasteiger partial charge >= 0.3 is 19.8 Å². The molecule has 0 spiro atoms. The van der Waals surface area contributed by atoms with Gasteiger partial charge in [0.1, 0.15) is 43.2 Å². The van der Waals surface area contributed by atoms with Crippen LogP contribution in [0.5, 0.6) is 0 Å². The van der Waals surface area contributed by atoms with Gasteiger partial charge in [-0.15, -0.1) is 0 Å². The van der Waals surface area contributed by atoms with Crippen LogP contribution >= 0.6 is 7.82 Å². The molecule has 1 saturated carbocycles. The lowest BCUT2D eigenvalue weighted by molar-refractivity contribution is -0.220. The van der Waals surface area contributed by atoms with Crippen LogP contribution in [-0.2, 0) is 32.7 Å². The van der Waals surface area contributed by atoms with Gasteiger partial charge in [-0.05, 0) is 44.9 Å². The third kappa shape index (κ3) is 30.0. The van der Waals surface area contributed by atoms with Crippen LogP contribution < -0.4 is 0 Å². The number of esters is 2. The summed E-state index contributed by atoms with van der Waals surface area (Å²) in [5.41, 5.74) is 0. The molecule has 0 aromatic heterocycles. The maximum absolute atomic E-state index is 12.8. The minimum atomic E-state index is -5.14. The van der Waals surface area contributed by atoms with Gasteiger partial charge < -0.3 is 39.9 Å². The van der Waals surface area contributed by atoms with Crippen molar-refractivity contribution in [3.63, 3.8) is 0 Å². The van der Waals surface area contributed by atoms with E-state index < -0.39 is 75.7 Å². The van der Waals surface area contributed by atoms with Crippen molar-refractivity contribution in [2.45, 2.75) is 236 Å². The van der Waals surface area contributed by atoms with Gasteiger partial charge in [0.15, 0.2) is 6.10 Å². The smallest absolute Gasteiger partial charge is 0.458 e. The molecule has 1 fully saturated rings. The van der Waals surface area contributed by atoms with E-state index >= 15 is 0 Å². The van der Waals surface area contributed by atoms with Crippen LogP contribution in [0, 0.1) is 0 Å². The molecular weight excluding hydrogens is 803 g/mol. The number of unbranched alkanes of at least 4 members (excludes halogenated alkanes) is 24. The van der Waals surface area contributed by atoms with Crippen LogP contribution in [0.3, 0.4) is 0 Å². The van der Waals surface area contributed by atoms with Crippen LogP contribution in [0.4, 0.5) is 0 Å². The quantitative estimate of drug-likeness (QED) is 0.00850. The van der Waals surface area contributed by atoms with E-state index in [-0.39, 0.29) is 6.42 Å². The molecule has 0 aromatic carbocycles. The van der Waals surface area contributed by atoms with E-state index in [1.807, 2.05) is 6.08 Å². The van der Waals surface area contributed by atoms with Crippen LogP contribution in [0.25, 0.3) is 0 Å². The SMILES string of the molecule is CCCCCC/C=C/CCCCCCCCCCCC(=O)O[C@H](COC(=O)/C=C/C=C/CCCCCCCCCCCCC)COP(=O)(O)OC1C(O)C(O)C(O)[C@H](O)C1O. The van der Waals surface area contributed by atoms with E-state index in [1.54, 1.807) is 12.2 Å². The predicted octanol–water partition coefficient (Wildman–Crippen LogP) is 9.39. The van der Waals surface area contributed by atoms with Crippen LogP contribution in [0.15, 0.2) is 36.5 Å². The molecule has 1 aliphatic carbocycles. The number of phosphoric ester groups is 1. The number of allylic oxidation sites excluding steroid dienone is 5. The van der Waals surface area contributed by atoms with Crippen molar-refractivity contribution < 1.29 is 63.1 Å². The molecule has 0 saturated heterocycles. The Balaban J connectivity index is 2.49. The normalized spacial score (nSPS) is 22.3. The van der Waals surface area contributed by atoms with Crippen molar-refractivity contribution in [2.75, 3.05) is 13.2 Å². The fourth-order valence-corrected chi connectivity index (χ4v) is 8.17. The molecule has 6 N–H and O–H groups in total. The number of hydrogen-bond acceptors (Lipinski definition) is 12. The maximum Gasteiger partial charge on any atom is 0.472 e. The van der Waals surface area contributed by atoms with Gasteiger partial charge in [-0.25, -0.2) is 9.36 Å². The Morgan fingerprint density at radius 1 is 0.541 bits per heavy atom. The number of rotatable bonds is 39. The molecule has 0 amide bonds. The van der Waals surface area contributed by atoms with Crippen molar-refractivity contribution in [2.24, 2.45) is 0 Å². The zero-order valence-electron chi connectivity index (χ0n) is 37.7. The molecule has 1 rings (SSSR count). The molecule has 356 valence electrons. The van der Waals surface area contributed by atoms with Gasteiger partial charge in [0.25, 0.3) is 0 Å². The minimum absolute atomic E-state index is 0.0756. The van der Waals surface area contributed by atoms with Gasteiger partial charge in [0.2, 0.25) is 0 Å². The Kier molecular flexibility index (Phi) is 35.0. The highest BCUT2D eigenvalue weighted by atomic mass is 31.2. The molecule has 0 bridgehead atoms. The van der Waals surface area contributed by atoms with E-state index in [4.69, 9.17) is 18.5 Å². The third-order valence-electron chi connectivity index (χ3n) is 11.1. The second-order valence-electron chi connectivity index (χ2n) is 16.7. The van der Waals surface area contributed by atoms with Gasteiger partial charge in [0.05, 0.1) is 6.61 Å². The first-order valence-corrected chi connectivity index (χ1v) is 25.3. The number of carbonyl (C=O) groups is 2. The van der Waals surface area contributed by atoms with Crippen molar-refractivity contribution >= 4 is 19.8 Å².